The van der Waals surface area contributed by atoms with Gasteiger partial charge in [0.2, 0.25) is 0 Å². The normalized spacial score (nSPS) is 13.1. The van der Waals surface area contributed by atoms with Crippen LogP contribution >= 0.6 is 0 Å². The molecule has 1 heterocycles. The number of carbonyl (C=O) groups is 1. The number of furan rings is 1. The molecule has 1 aromatic heterocycles. The molecule has 2 rings (SSSR count). The summed E-state index contributed by atoms with van der Waals surface area (Å²) >= 11 is 0. The van der Waals surface area contributed by atoms with E-state index in [-0.39, 0.29) is 5.56 Å². The Labute approximate surface area is 112 Å². The van der Waals surface area contributed by atoms with Crippen LogP contribution < -0.4 is 5.32 Å². The third-order valence-electron chi connectivity index (χ3n) is 3.47. The molecular formula is C15H19NO3. The Hall–Kier alpha value is -1.81. The third-order valence-corrected chi connectivity index (χ3v) is 3.47. The predicted octanol–water partition coefficient (Wildman–Crippen LogP) is 3.27. The van der Waals surface area contributed by atoms with Crippen LogP contribution in [0.5, 0.6) is 0 Å². The minimum absolute atomic E-state index is 0.263. The van der Waals surface area contributed by atoms with E-state index in [9.17, 15) is 9.90 Å². The van der Waals surface area contributed by atoms with Crippen molar-refractivity contribution in [1.29, 1.82) is 0 Å². The topological polar surface area (TPSA) is 62.5 Å². The second-order valence-corrected chi connectivity index (χ2v) is 5.12. The molecular weight excluding hydrogens is 242 g/mol. The summed E-state index contributed by atoms with van der Waals surface area (Å²) in [6, 6.07) is 7.52. The molecule has 0 aliphatic rings. The lowest BCUT2D eigenvalue weighted by molar-refractivity contribution is 0.0696. The van der Waals surface area contributed by atoms with Gasteiger partial charge in [0.05, 0.1) is 6.54 Å². The Kier molecular flexibility index (Phi) is 3.90. The first kappa shape index (κ1) is 13.6. The molecule has 4 heteroatoms. The minimum Gasteiger partial charge on any atom is -0.478 e. The number of rotatable bonds is 5. The molecule has 1 aromatic carbocycles. The van der Waals surface area contributed by atoms with Gasteiger partial charge < -0.3 is 14.8 Å². The zero-order chi connectivity index (χ0) is 14.0. The zero-order valence-electron chi connectivity index (χ0n) is 11.4. The number of carboxylic acid groups (broad SMARTS) is 1. The Morgan fingerprint density at radius 3 is 2.63 bits per heavy atom. The Bertz CT molecular complexity index is 586. The van der Waals surface area contributed by atoms with Crippen molar-refractivity contribution in [3.8, 4) is 0 Å². The molecule has 0 fully saturated rings. The van der Waals surface area contributed by atoms with Crippen LogP contribution in [-0.2, 0) is 6.54 Å². The van der Waals surface area contributed by atoms with E-state index in [4.69, 9.17) is 4.42 Å². The molecule has 0 aliphatic heterocycles. The Morgan fingerprint density at radius 1 is 1.32 bits per heavy atom. The summed E-state index contributed by atoms with van der Waals surface area (Å²) in [4.78, 5) is 11.4. The maximum Gasteiger partial charge on any atom is 0.339 e. The van der Waals surface area contributed by atoms with E-state index in [0.29, 0.717) is 35.2 Å². The van der Waals surface area contributed by atoms with Crippen LogP contribution in [0.25, 0.3) is 11.0 Å². The van der Waals surface area contributed by atoms with Crippen molar-refractivity contribution in [2.75, 3.05) is 0 Å². The van der Waals surface area contributed by atoms with Gasteiger partial charge in [0, 0.05) is 11.4 Å². The predicted molar refractivity (Wildman–Crippen MR) is 74.3 cm³/mol. The van der Waals surface area contributed by atoms with Crippen LogP contribution in [0.4, 0.5) is 0 Å². The first-order valence-electron chi connectivity index (χ1n) is 6.47. The summed E-state index contributed by atoms with van der Waals surface area (Å²) in [6.07, 6.45) is 0. The number of carboxylic acids is 1. The van der Waals surface area contributed by atoms with Gasteiger partial charge in [-0.15, -0.1) is 0 Å². The van der Waals surface area contributed by atoms with Gasteiger partial charge in [-0.3, -0.25) is 0 Å². The third kappa shape index (κ3) is 2.79. The van der Waals surface area contributed by atoms with Gasteiger partial charge in [0.25, 0.3) is 0 Å². The van der Waals surface area contributed by atoms with E-state index in [1.54, 1.807) is 12.1 Å². The van der Waals surface area contributed by atoms with Gasteiger partial charge in [-0.1, -0.05) is 32.0 Å². The van der Waals surface area contributed by atoms with E-state index in [0.717, 1.165) is 0 Å². The first-order chi connectivity index (χ1) is 9.00. The standard InChI is InChI=1S/C15H19NO3/c1-9(2)10(3)16-8-13-14(15(17)18)11-6-4-5-7-12(11)19-13/h4-7,9-10,16H,8H2,1-3H3,(H,17,18). The summed E-state index contributed by atoms with van der Waals surface area (Å²) < 4.78 is 5.65. The molecule has 4 nitrogen and oxygen atoms in total. The number of hydrogen-bond acceptors (Lipinski definition) is 3. The summed E-state index contributed by atoms with van der Waals surface area (Å²) in [5.41, 5.74) is 0.882. The maximum absolute atomic E-state index is 11.4. The molecule has 0 saturated heterocycles. The van der Waals surface area contributed by atoms with Crippen LogP contribution in [0.2, 0.25) is 0 Å². The first-order valence-corrected chi connectivity index (χ1v) is 6.47. The second kappa shape index (κ2) is 5.45. The number of benzene rings is 1. The van der Waals surface area contributed by atoms with E-state index in [1.165, 1.54) is 0 Å². The number of nitrogens with one attached hydrogen (secondary N) is 1. The fraction of sp³-hybridized carbons (Fsp3) is 0.400. The summed E-state index contributed by atoms with van der Waals surface area (Å²) in [5, 5.41) is 13.3. The summed E-state index contributed by atoms with van der Waals surface area (Å²) in [5.74, 6) is 0.0257. The Morgan fingerprint density at radius 2 is 2.00 bits per heavy atom. The molecule has 0 bridgehead atoms. The molecule has 0 saturated carbocycles. The van der Waals surface area contributed by atoms with Crippen LogP contribution in [0.3, 0.4) is 0 Å². The van der Waals surface area contributed by atoms with E-state index in [1.807, 2.05) is 12.1 Å². The van der Waals surface area contributed by atoms with Crippen molar-refractivity contribution in [2.45, 2.75) is 33.4 Å². The number of aromatic carboxylic acids is 1. The average Bonchev–Trinajstić information content (AvgIpc) is 2.73. The lowest BCUT2D eigenvalue weighted by atomic mass is 10.1. The molecule has 19 heavy (non-hydrogen) atoms. The zero-order valence-corrected chi connectivity index (χ0v) is 11.4. The van der Waals surface area contributed by atoms with Crippen LogP contribution in [0, 0.1) is 5.92 Å². The molecule has 0 radical (unpaired) electrons. The summed E-state index contributed by atoms with van der Waals surface area (Å²) in [7, 11) is 0. The molecule has 1 unspecified atom stereocenters. The number of para-hydroxylation sites is 1. The van der Waals surface area contributed by atoms with Gasteiger partial charge >= 0.3 is 5.97 Å². The van der Waals surface area contributed by atoms with Gasteiger partial charge in [-0.05, 0) is 18.9 Å². The van der Waals surface area contributed by atoms with Crippen molar-refractivity contribution in [3.63, 3.8) is 0 Å². The van der Waals surface area contributed by atoms with Gasteiger partial charge in [0.1, 0.15) is 16.9 Å². The van der Waals surface area contributed by atoms with Gasteiger partial charge in [-0.25, -0.2) is 4.79 Å². The SMILES string of the molecule is CC(C)C(C)NCc1oc2ccccc2c1C(=O)O. The highest BCUT2D eigenvalue weighted by molar-refractivity contribution is 6.03. The molecule has 0 amide bonds. The highest BCUT2D eigenvalue weighted by atomic mass is 16.4. The molecule has 0 spiro atoms. The monoisotopic (exact) mass is 261 g/mol. The minimum atomic E-state index is -0.945. The molecule has 0 aliphatic carbocycles. The largest absolute Gasteiger partial charge is 0.478 e. The maximum atomic E-state index is 11.4. The quantitative estimate of drug-likeness (QED) is 0.867. The lowest BCUT2D eigenvalue weighted by Crippen LogP contribution is -2.30. The van der Waals surface area contributed by atoms with Crippen LogP contribution in [0.1, 0.15) is 36.9 Å². The fourth-order valence-corrected chi connectivity index (χ4v) is 1.94. The number of hydrogen-bond donors (Lipinski definition) is 2. The number of fused-ring (bicyclic) bond motifs is 1. The molecule has 2 aromatic rings. The second-order valence-electron chi connectivity index (χ2n) is 5.12. The van der Waals surface area contributed by atoms with Crippen LogP contribution in [0.15, 0.2) is 28.7 Å². The van der Waals surface area contributed by atoms with Gasteiger partial charge in [-0.2, -0.15) is 0 Å². The highest BCUT2D eigenvalue weighted by Gasteiger charge is 2.20. The van der Waals surface area contributed by atoms with Crippen molar-refractivity contribution < 1.29 is 14.3 Å². The van der Waals surface area contributed by atoms with Gasteiger partial charge in [0.15, 0.2) is 0 Å². The average molecular weight is 261 g/mol. The van der Waals surface area contributed by atoms with Crippen molar-refractivity contribution in [2.24, 2.45) is 5.92 Å². The fourth-order valence-electron chi connectivity index (χ4n) is 1.94. The summed E-state index contributed by atoms with van der Waals surface area (Å²) in [6.45, 7) is 6.74. The van der Waals surface area contributed by atoms with Crippen molar-refractivity contribution >= 4 is 16.9 Å². The van der Waals surface area contributed by atoms with Crippen LogP contribution in [-0.4, -0.2) is 17.1 Å². The molecule has 1 atom stereocenters. The Balaban J connectivity index is 2.32. The van der Waals surface area contributed by atoms with E-state index in [2.05, 4.69) is 26.1 Å². The van der Waals surface area contributed by atoms with E-state index < -0.39 is 5.97 Å². The van der Waals surface area contributed by atoms with Crippen molar-refractivity contribution in [1.82, 2.24) is 5.32 Å². The molecule has 2 N–H and O–H groups in total. The highest BCUT2D eigenvalue weighted by Crippen LogP contribution is 2.26. The van der Waals surface area contributed by atoms with Crippen molar-refractivity contribution in [3.05, 3.63) is 35.6 Å². The smallest absolute Gasteiger partial charge is 0.339 e. The molecule has 102 valence electrons. The van der Waals surface area contributed by atoms with E-state index >= 15 is 0 Å². The lowest BCUT2D eigenvalue weighted by Gasteiger charge is -2.16.